The van der Waals surface area contributed by atoms with Crippen LogP contribution in [0.15, 0.2) is 59.0 Å². The number of carbonyl (C=O) groups is 1. The Morgan fingerprint density at radius 1 is 1.11 bits per heavy atom. The number of anilines is 2. The standard InChI is InChI=1S/C26H23BClFN2O6S.HIO4.Na/c1-30-26(32)24-19-12-18(14-3-4-14)22(13-23(19)37-25(24)15-5-7-16(28)8-6-15)31(38(2,35)36)17-9-10-20(27(33)34)21(29)11-17;2-1(3,4)5;/h5-14,33-34H,3-4H2,1-2H3,(H,30,32);2H;. The van der Waals surface area contributed by atoms with E-state index < -0.39 is 43.1 Å². The molecule has 0 saturated heterocycles. The summed E-state index contributed by atoms with van der Waals surface area (Å²) >= 11 is 0.348. The maximum Gasteiger partial charge on any atom is 0.491 e. The summed E-state index contributed by atoms with van der Waals surface area (Å²) in [7, 11) is -4.53. The first-order valence-corrected chi connectivity index (χ1v) is 18.2. The molecule has 12 nitrogen and oxygen atoms in total. The van der Waals surface area contributed by atoms with Gasteiger partial charge in [-0.2, -0.15) is 0 Å². The van der Waals surface area contributed by atoms with Crippen LogP contribution in [0.5, 0.6) is 0 Å². The van der Waals surface area contributed by atoms with Crippen LogP contribution >= 0.6 is 11.6 Å². The average molecular weight is 772 g/mol. The van der Waals surface area contributed by atoms with Gasteiger partial charge < -0.3 is 19.8 Å². The summed E-state index contributed by atoms with van der Waals surface area (Å²) in [6.07, 6.45) is 2.63. The predicted octanol–water partition coefficient (Wildman–Crippen LogP) is -3.59. The summed E-state index contributed by atoms with van der Waals surface area (Å²) < 4.78 is 81.2. The molecule has 1 amide bonds. The topological polar surface area (TPSA) is 209 Å². The van der Waals surface area contributed by atoms with Gasteiger partial charge in [0, 0.05) is 67.5 Å². The third-order valence-corrected chi connectivity index (χ3v) is 7.78. The first-order valence-electron chi connectivity index (χ1n) is 12.4. The van der Waals surface area contributed by atoms with E-state index in [1.165, 1.54) is 13.1 Å². The third-order valence-electron chi connectivity index (χ3n) is 6.46. The van der Waals surface area contributed by atoms with E-state index in [9.17, 15) is 27.7 Å². The molecule has 0 unspecified atom stereocenters. The maximum atomic E-state index is 14.7. The molecular formula is C26H24BClFIN2NaO10S. The SMILES string of the molecule is CNC(=O)c1c(-c2ccc(Cl)cc2)oc2cc(N(c3ccc(B(O)O)c(F)c3)S(C)(=O)=O)c(C3CC3)cc12.[Na].[O-][I+3]([O-])([O-])O. The number of rotatable bonds is 7. The number of nitrogens with one attached hydrogen (secondary N) is 1. The zero-order chi connectivity index (χ0) is 31.9. The Bertz CT molecular complexity index is 1780. The fourth-order valence-electron chi connectivity index (χ4n) is 4.56. The Kier molecular flexibility index (Phi) is 11.9. The van der Waals surface area contributed by atoms with Crippen LogP contribution in [0.2, 0.25) is 5.02 Å². The summed E-state index contributed by atoms with van der Waals surface area (Å²) in [6, 6.07) is 13.5. The van der Waals surface area contributed by atoms with E-state index in [-0.39, 0.29) is 63.8 Å². The second-order valence-electron chi connectivity index (χ2n) is 9.58. The van der Waals surface area contributed by atoms with Crippen molar-refractivity contribution in [3.05, 3.63) is 76.6 Å². The van der Waals surface area contributed by atoms with Crippen molar-refractivity contribution < 1.29 is 65.9 Å². The summed E-state index contributed by atoms with van der Waals surface area (Å²) in [6.45, 7) is 0. The van der Waals surface area contributed by atoms with Gasteiger partial charge in [-0.3, -0.25) is 15.1 Å². The van der Waals surface area contributed by atoms with Crippen molar-refractivity contribution in [2.24, 2.45) is 0 Å². The largest absolute Gasteiger partial charge is 0.491 e. The van der Waals surface area contributed by atoms with Crippen LogP contribution in [0.1, 0.15) is 34.7 Å². The van der Waals surface area contributed by atoms with Gasteiger partial charge >= 0.3 is 27.2 Å². The maximum absolute atomic E-state index is 14.7. The first-order chi connectivity index (χ1) is 20.0. The van der Waals surface area contributed by atoms with E-state index in [2.05, 4.69) is 5.32 Å². The predicted molar refractivity (Wildman–Crippen MR) is 153 cm³/mol. The zero-order valence-electron chi connectivity index (χ0n) is 23.5. The second kappa shape index (κ2) is 14.3. The van der Waals surface area contributed by atoms with Gasteiger partial charge in [-0.25, -0.2) is 17.1 Å². The Morgan fingerprint density at radius 3 is 2.18 bits per heavy atom. The summed E-state index contributed by atoms with van der Waals surface area (Å²) in [5.74, 6) is -1.00. The normalized spacial score (nSPS) is 13.0. The van der Waals surface area contributed by atoms with E-state index >= 15 is 0 Å². The van der Waals surface area contributed by atoms with E-state index in [4.69, 9.17) is 29.8 Å². The molecule has 1 radical (unpaired) electrons. The van der Waals surface area contributed by atoms with Crippen molar-refractivity contribution in [3.63, 3.8) is 0 Å². The Hall–Kier alpha value is -1.81. The summed E-state index contributed by atoms with van der Waals surface area (Å²) in [5, 5.41) is 22.4. The quantitative estimate of drug-likeness (QED) is 0.107. The van der Waals surface area contributed by atoms with E-state index in [0.29, 0.717) is 32.9 Å². The van der Waals surface area contributed by atoms with Gasteiger partial charge in [0.05, 0.1) is 23.2 Å². The van der Waals surface area contributed by atoms with Crippen molar-refractivity contribution >= 4 is 92.0 Å². The fourth-order valence-corrected chi connectivity index (χ4v) is 5.70. The first kappa shape index (κ1) is 36.7. The van der Waals surface area contributed by atoms with Gasteiger partial charge in [0.25, 0.3) is 5.91 Å². The Labute approximate surface area is 285 Å². The molecule has 229 valence electrons. The van der Waals surface area contributed by atoms with Crippen LogP contribution in [-0.2, 0) is 10.0 Å². The van der Waals surface area contributed by atoms with Gasteiger partial charge in [0.2, 0.25) is 10.0 Å². The van der Waals surface area contributed by atoms with Crippen molar-refractivity contribution in [2.75, 3.05) is 17.6 Å². The van der Waals surface area contributed by atoms with Crippen LogP contribution in [-0.4, -0.2) is 77.8 Å². The molecule has 0 aliphatic heterocycles. The number of amides is 1. The van der Waals surface area contributed by atoms with Crippen LogP contribution in [0.4, 0.5) is 15.8 Å². The van der Waals surface area contributed by atoms with Crippen molar-refractivity contribution in [1.82, 2.24) is 5.32 Å². The molecule has 5 rings (SSSR count). The summed E-state index contributed by atoms with van der Waals surface area (Å²) in [5.41, 5.74) is 1.71. The number of furan rings is 1. The van der Waals surface area contributed by atoms with Crippen LogP contribution < -0.4 is 45.5 Å². The number of sulfonamides is 1. The van der Waals surface area contributed by atoms with Gasteiger partial charge in [0.1, 0.15) is 17.2 Å². The molecule has 0 bridgehead atoms. The molecule has 0 spiro atoms. The van der Waals surface area contributed by atoms with Crippen LogP contribution in [0, 0.1) is 5.82 Å². The Morgan fingerprint density at radius 2 is 1.70 bits per heavy atom. The molecule has 1 saturated carbocycles. The molecule has 1 fully saturated rings. The number of hydrogen-bond acceptors (Lipinski definition) is 10. The molecule has 1 heterocycles. The fraction of sp³-hybridized carbons (Fsp3) is 0.192. The van der Waals surface area contributed by atoms with E-state index in [0.717, 1.165) is 35.5 Å². The number of carbonyl (C=O) groups excluding carboxylic acids is 1. The average Bonchev–Trinajstić information content (AvgIpc) is 3.67. The molecule has 1 aliphatic carbocycles. The molecule has 4 N–H and O–H groups in total. The molecule has 44 heavy (non-hydrogen) atoms. The van der Waals surface area contributed by atoms with Gasteiger partial charge in [-0.1, -0.05) is 17.7 Å². The van der Waals surface area contributed by atoms with Gasteiger partial charge in [-0.15, -0.1) is 0 Å². The van der Waals surface area contributed by atoms with Crippen LogP contribution in [0.3, 0.4) is 0 Å². The zero-order valence-corrected chi connectivity index (χ0v) is 29.2. The van der Waals surface area contributed by atoms with E-state index in [1.807, 2.05) is 0 Å². The van der Waals surface area contributed by atoms with E-state index in [1.54, 1.807) is 36.4 Å². The molecule has 0 atom stereocenters. The number of fused-ring (bicyclic) bond motifs is 1. The molecule has 18 heteroatoms. The smallest absolute Gasteiger partial charge is 0.455 e. The molecule has 3 aromatic carbocycles. The molecule has 4 aromatic rings. The Balaban J connectivity index is 0.000000817. The molecular weight excluding hydrogens is 748 g/mol. The third kappa shape index (κ3) is 8.71. The monoisotopic (exact) mass is 771 g/mol. The number of benzene rings is 3. The van der Waals surface area contributed by atoms with Gasteiger partial charge in [0.15, 0.2) is 0 Å². The van der Waals surface area contributed by atoms with Crippen LogP contribution in [0.25, 0.3) is 22.3 Å². The van der Waals surface area contributed by atoms with Crippen molar-refractivity contribution in [3.8, 4) is 11.3 Å². The summed E-state index contributed by atoms with van der Waals surface area (Å²) in [4.78, 5) is 13.0. The van der Waals surface area contributed by atoms with Crippen molar-refractivity contribution in [2.45, 2.75) is 18.8 Å². The number of nitrogens with zero attached hydrogens (tertiary/aromatic N) is 1. The number of halogens is 3. The molecule has 1 aliphatic rings. The minimum absolute atomic E-state index is 0. The van der Waals surface area contributed by atoms with Gasteiger partial charge in [-0.05, 0) is 66.8 Å². The molecule has 1 aromatic heterocycles. The minimum atomic E-state index is -5.69. The number of hydrogen-bond donors (Lipinski definition) is 4. The minimum Gasteiger partial charge on any atom is -0.455 e. The second-order valence-corrected chi connectivity index (χ2v) is 14.1. The van der Waals surface area contributed by atoms with Crippen molar-refractivity contribution in [1.29, 1.82) is 0 Å².